The molecule has 5 nitrogen and oxygen atoms in total. The van der Waals surface area contributed by atoms with Gasteiger partial charge in [-0.05, 0) is 29.8 Å². The van der Waals surface area contributed by atoms with Gasteiger partial charge in [0.2, 0.25) is 5.91 Å². The topological polar surface area (TPSA) is 64.0 Å². The Morgan fingerprint density at radius 3 is 2.68 bits per heavy atom. The molecule has 3 rings (SSSR count). The van der Waals surface area contributed by atoms with E-state index < -0.39 is 0 Å². The van der Waals surface area contributed by atoms with E-state index in [-0.39, 0.29) is 24.5 Å². The van der Waals surface area contributed by atoms with Crippen LogP contribution in [0.15, 0.2) is 54.9 Å². The Bertz CT molecular complexity index is 874. The maximum Gasteiger partial charge on any atom is 0.220 e. The number of aromatic nitrogens is 2. The number of Topliss-reactive ketones (excluding diaryl/α,β-unsaturated/α-hetero) is 1. The molecular weight excluding hydrogens is 358 g/mol. The highest BCUT2D eigenvalue weighted by Crippen LogP contribution is 2.22. The second-order valence-electron chi connectivity index (χ2n) is 5.38. The molecule has 0 aliphatic rings. The van der Waals surface area contributed by atoms with Gasteiger partial charge in [0.25, 0.3) is 0 Å². The minimum atomic E-state index is -0.161. The van der Waals surface area contributed by atoms with E-state index >= 15 is 0 Å². The first-order valence-electron chi connectivity index (χ1n) is 7.76. The summed E-state index contributed by atoms with van der Waals surface area (Å²) in [6, 6.07) is 12.9. The molecule has 128 valence electrons. The Kier molecular flexibility index (Phi) is 5.63. The number of nitrogens with one attached hydrogen (secondary N) is 1. The second-order valence-corrected chi connectivity index (χ2v) is 7.10. The highest BCUT2D eigenvalue weighted by molar-refractivity contribution is 7.18. The van der Waals surface area contributed by atoms with Crippen LogP contribution in [0.1, 0.15) is 28.1 Å². The van der Waals surface area contributed by atoms with Gasteiger partial charge in [0.15, 0.2) is 5.78 Å². The van der Waals surface area contributed by atoms with Crippen molar-refractivity contribution in [2.75, 3.05) is 0 Å². The van der Waals surface area contributed by atoms with E-state index in [4.69, 9.17) is 11.6 Å². The summed E-state index contributed by atoms with van der Waals surface area (Å²) in [6.07, 6.45) is 3.88. The second kappa shape index (κ2) is 8.09. The van der Waals surface area contributed by atoms with Gasteiger partial charge in [-0.25, -0.2) is 4.68 Å². The van der Waals surface area contributed by atoms with Gasteiger partial charge in [-0.3, -0.25) is 9.59 Å². The number of carbonyl (C=O) groups is 2. The van der Waals surface area contributed by atoms with Crippen molar-refractivity contribution >= 4 is 34.6 Å². The van der Waals surface area contributed by atoms with E-state index in [0.29, 0.717) is 15.8 Å². The number of ketones is 1. The average molecular weight is 374 g/mol. The minimum absolute atomic E-state index is 0.0657. The lowest BCUT2D eigenvalue weighted by molar-refractivity contribution is -0.121. The van der Waals surface area contributed by atoms with E-state index in [1.54, 1.807) is 23.0 Å². The standard InChI is InChI=1S/C18H16ClN3O2S/c19-17-8-7-16(25-17)15(23)6-9-18(24)20-12-13-4-1-2-5-14(13)22-11-3-10-21-22/h1-5,7-8,10-11H,6,9,12H2,(H,20,24). The van der Waals surface area contributed by atoms with Crippen LogP contribution < -0.4 is 5.32 Å². The highest BCUT2D eigenvalue weighted by atomic mass is 35.5. The van der Waals surface area contributed by atoms with Crippen LogP contribution in [0.2, 0.25) is 4.34 Å². The summed E-state index contributed by atoms with van der Waals surface area (Å²) in [5.41, 5.74) is 1.87. The van der Waals surface area contributed by atoms with Gasteiger partial charge in [-0.15, -0.1) is 11.3 Å². The summed E-state index contributed by atoms with van der Waals surface area (Å²) in [7, 11) is 0. The SMILES string of the molecule is O=C(CCC(=O)c1ccc(Cl)s1)NCc1ccccc1-n1cccn1. The van der Waals surface area contributed by atoms with E-state index in [1.807, 2.05) is 36.5 Å². The third kappa shape index (κ3) is 4.55. The molecule has 0 bridgehead atoms. The molecule has 0 saturated heterocycles. The molecule has 0 fully saturated rings. The zero-order valence-corrected chi connectivity index (χ0v) is 14.9. The molecule has 7 heteroatoms. The maximum absolute atomic E-state index is 12.0. The molecule has 3 aromatic rings. The van der Waals surface area contributed by atoms with E-state index in [1.165, 1.54) is 11.3 Å². The maximum atomic E-state index is 12.0. The van der Waals surface area contributed by atoms with Gasteiger partial charge in [-0.2, -0.15) is 5.10 Å². The molecule has 25 heavy (non-hydrogen) atoms. The fourth-order valence-electron chi connectivity index (χ4n) is 2.39. The fourth-order valence-corrected chi connectivity index (χ4v) is 3.40. The quantitative estimate of drug-likeness (QED) is 0.639. The molecule has 2 heterocycles. The van der Waals surface area contributed by atoms with Gasteiger partial charge < -0.3 is 5.32 Å². The number of thiophene rings is 1. The lowest BCUT2D eigenvalue weighted by Crippen LogP contribution is -2.24. The number of rotatable bonds is 7. The largest absolute Gasteiger partial charge is 0.352 e. The van der Waals surface area contributed by atoms with Gasteiger partial charge in [0, 0.05) is 31.8 Å². The van der Waals surface area contributed by atoms with Crippen molar-refractivity contribution in [3.63, 3.8) is 0 Å². The molecule has 0 aliphatic carbocycles. The molecule has 1 amide bonds. The summed E-state index contributed by atoms with van der Waals surface area (Å²) < 4.78 is 2.33. The zero-order valence-electron chi connectivity index (χ0n) is 13.3. The van der Waals surface area contributed by atoms with E-state index in [2.05, 4.69) is 10.4 Å². The Balaban J connectivity index is 1.54. The van der Waals surface area contributed by atoms with Crippen LogP contribution in [0, 0.1) is 0 Å². The predicted molar refractivity (Wildman–Crippen MR) is 98.3 cm³/mol. The van der Waals surface area contributed by atoms with Crippen molar-refractivity contribution < 1.29 is 9.59 Å². The summed E-state index contributed by atoms with van der Waals surface area (Å²) in [4.78, 5) is 24.6. The number of hydrogen-bond donors (Lipinski definition) is 1. The summed E-state index contributed by atoms with van der Waals surface area (Å²) >= 11 is 7.05. The van der Waals surface area contributed by atoms with Crippen molar-refractivity contribution in [1.29, 1.82) is 0 Å². The predicted octanol–water partition coefficient (Wildman–Crippen LogP) is 3.87. The molecule has 0 spiro atoms. The third-order valence-corrected chi connectivity index (χ3v) is 4.92. The molecule has 2 aromatic heterocycles. The average Bonchev–Trinajstić information content (AvgIpc) is 3.30. The van der Waals surface area contributed by atoms with Crippen LogP contribution in [0.25, 0.3) is 5.69 Å². The first-order valence-corrected chi connectivity index (χ1v) is 8.96. The third-order valence-electron chi connectivity index (χ3n) is 3.65. The van der Waals surface area contributed by atoms with Crippen LogP contribution in [0.5, 0.6) is 0 Å². The Hall–Kier alpha value is -2.44. The number of para-hydroxylation sites is 1. The number of nitrogens with zero attached hydrogens (tertiary/aromatic N) is 2. The normalized spacial score (nSPS) is 10.6. The van der Waals surface area contributed by atoms with Crippen molar-refractivity contribution in [3.05, 3.63) is 69.6 Å². The molecule has 1 N–H and O–H groups in total. The fraction of sp³-hybridized carbons (Fsp3) is 0.167. The molecule has 0 unspecified atom stereocenters. The lowest BCUT2D eigenvalue weighted by atomic mass is 10.1. The van der Waals surface area contributed by atoms with E-state index in [0.717, 1.165) is 11.3 Å². The molecular formula is C18H16ClN3O2S. The lowest BCUT2D eigenvalue weighted by Gasteiger charge is -2.10. The van der Waals surface area contributed by atoms with Crippen LogP contribution in [0.4, 0.5) is 0 Å². The molecule has 1 aromatic carbocycles. The van der Waals surface area contributed by atoms with Crippen molar-refractivity contribution in [3.8, 4) is 5.69 Å². The van der Waals surface area contributed by atoms with Gasteiger partial charge in [-0.1, -0.05) is 29.8 Å². The molecule has 0 aliphatic heterocycles. The van der Waals surface area contributed by atoms with Crippen LogP contribution in [0.3, 0.4) is 0 Å². The van der Waals surface area contributed by atoms with Gasteiger partial charge in [0.05, 0.1) is 14.9 Å². The first kappa shape index (κ1) is 17.4. The monoisotopic (exact) mass is 373 g/mol. The Labute approximate surface area is 154 Å². The Morgan fingerprint density at radius 1 is 1.12 bits per heavy atom. The summed E-state index contributed by atoms with van der Waals surface area (Å²) in [5, 5.41) is 7.08. The van der Waals surface area contributed by atoms with Crippen LogP contribution in [-0.4, -0.2) is 21.5 Å². The van der Waals surface area contributed by atoms with Crippen LogP contribution in [-0.2, 0) is 11.3 Å². The number of hydrogen-bond acceptors (Lipinski definition) is 4. The highest BCUT2D eigenvalue weighted by Gasteiger charge is 2.12. The van der Waals surface area contributed by atoms with Crippen LogP contribution >= 0.6 is 22.9 Å². The first-order chi connectivity index (χ1) is 12.1. The molecule has 0 radical (unpaired) electrons. The summed E-state index contributed by atoms with van der Waals surface area (Å²) in [6.45, 7) is 0.383. The number of benzene rings is 1. The van der Waals surface area contributed by atoms with Crippen molar-refractivity contribution in [2.24, 2.45) is 0 Å². The van der Waals surface area contributed by atoms with Gasteiger partial charge in [0.1, 0.15) is 0 Å². The summed E-state index contributed by atoms with van der Waals surface area (Å²) in [5.74, 6) is -0.227. The zero-order chi connectivity index (χ0) is 17.6. The smallest absolute Gasteiger partial charge is 0.220 e. The number of halogens is 1. The van der Waals surface area contributed by atoms with Gasteiger partial charge >= 0.3 is 0 Å². The van der Waals surface area contributed by atoms with Crippen molar-refractivity contribution in [1.82, 2.24) is 15.1 Å². The van der Waals surface area contributed by atoms with Crippen molar-refractivity contribution in [2.45, 2.75) is 19.4 Å². The Morgan fingerprint density at radius 2 is 1.96 bits per heavy atom. The number of carbonyl (C=O) groups excluding carboxylic acids is 2. The number of amides is 1. The van der Waals surface area contributed by atoms with E-state index in [9.17, 15) is 9.59 Å². The molecule has 0 saturated carbocycles. The minimum Gasteiger partial charge on any atom is -0.352 e. The molecule has 0 atom stereocenters.